The lowest BCUT2D eigenvalue weighted by molar-refractivity contribution is 0.296. The van der Waals surface area contributed by atoms with Gasteiger partial charge in [0.05, 0.1) is 18.2 Å². The van der Waals surface area contributed by atoms with Crippen LogP contribution >= 0.6 is 11.6 Å². The van der Waals surface area contributed by atoms with Gasteiger partial charge in [-0.3, -0.25) is 0 Å². The summed E-state index contributed by atoms with van der Waals surface area (Å²) in [6.45, 7) is 2.45. The summed E-state index contributed by atoms with van der Waals surface area (Å²) >= 11 is 6.21. The molecule has 3 rings (SSSR count). The summed E-state index contributed by atoms with van der Waals surface area (Å²) in [5.74, 6) is 1.48. The molecule has 0 saturated carbocycles. The molecular weight excluding hydrogens is 226 g/mol. The highest BCUT2D eigenvalue weighted by atomic mass is 35.5. The summed E-state index contributed by atoms with van der Waals surface area (Å²) in [7, 11) is 0. The number of nitrogens with one attached hydrogen (secondary N) is 1. The molecular formula is C12H14ClNO2. The van der Waals surface area contributed by atoms with Gasteiger partial charge < -0.3 is 14.8 Å². The van der Waals surface area contributed by atoms with Gasteiger partial charge in [-0.2, -0.15) is 0 Å². The molecule has 1 unspecified atom stereocenters. The van der Waals surface area contributed by atoms with E-state index in [9.17, 15) is 0 Å². The lowest BCUT2D eigenvalue weighted by Gasteiger charge is -2.28. The molecule has 0 aliphatic carbocycles. The van der Waals surface area contributed by atoms with Crippen molar-refractivity contribution in [1.29, 1.82) is 0 Å². The van der Waals surface area contributed by atoms with Crippen LogP contribution in [0.4, 0.5) is 0 Å². The van der Waals surface area contributed by atoms with E-state index in [2.05, 4.69) is 5.32 Å². The minimum atomic E-state index is 0.426. The van der Waals surface area contributed by atoms with Crippen LogP contribution in [0.15, 0.2) is 12.1 Å². The first-order chi connectivity index (χ1) is 7.84. The van der Waals surface area contributed by atoms with Gasteiger partial charge in [-0.05, 0) is 30.7 Å². The standard InChI is InChI=1S/C12H14ClNO2/c13-9-6-8(10-2-3-14-10)7-11-12(9)16-5-1-4-15-11/h6-7,10,14H,1-5H2. The predicted octanol–water partition coefficient (Wildman–Crippen LogP) is 2.54. The molecule has 1 atom stereocenters. The normalized spacial score (nSPS) is 23.4. The van der Waals surface area contributed by atoms with Gasteiger partial charge in [0.25, 0.3) is 0 Å². The highest BCUT2D eigenvalue weighted by Gasteiger charge is 2.23. The number of rotatable bonds is 1. The Morgan fingerprint density at radius 3 is 2.81 bits per heavy atom. The van der Waals surface area contributed by atoms with E-state index in [4.69, 9.17) is 21.1 Å². The molecule has 1 N–H and O–H groups in total. The summed E-state index contributed by atoms with van der Waals surface area (Å²) in [6, 6.07) is 4.45. The number of fused-ring (bicyclic) bond motifs is 1. The fraction of sp³-hybridized carbons (Fsp3) is 0.500. The molecule has 2 aliphatic heterocycles. The molecule has 0 radical (unpaired) electrons. The molecule has 0 amide bonds. The molecule has 1 aromatic carbocycles. The molecule has 1 fully saturated rings. The number of halogens is 1. The minimum Gasteiger partial charge on any atom is -0.489 e. The van der Waals surface area contributed by atoms with E-state index >= 15 is 0 Å². The molecule has 0 aromatic heterocycles. The van der Waals surface area contributed by atoms with Crippen LogP contribution in [0, 0.1) is 0 Å². The van der Waals surface area contributed by atoms with Crippen LogP contribution in [-0.2, 0) is 0 Å². The van der Waals surface area contributed by atoms with Crippen molar-refractivity contribution in [2.45, 2.75) is 18.9 Å². The van der Waals surface area contributed by atoms with Crippen molar-refractivity contribution in [3.8, 4) is 11.5 Å². The van der Waals surface area contributed by atoms with Crippen LogP contribution in [0.3, 0.4) is 0 Å². The van der Waals surface area contributed by atoms with Gasteiger partial charge >= 0.3 is 0 Å². The second-order valence-electron chi connectivity index (χ2n) is 4.18. The zero-order valence-corrected chi connectivity index (χ0v) is 9.72. The largest absolute Gasteiger partial charge is 0.489 e. The first-order valence-electron chi connectivity index (χ1n) is 5.67. The molecule has 1 aromatic rings. The van der Waals surface area contributed by atoms with Crippen molar-refractivity contribution >= 4 is 11.6 Å². The maximum absolute atomic E-state index is 6.21. The number of hydrogen-bond donors (Lipinski definition) is 1. The Hall–Kier alpha value is -0.930. The van der Waals surface area contributed by atoms with Crippen molar-refractivity contribution in [3.05, 3.63) is 22.7 Å². The Balaban J connectivity index is 1.98. The van der Waals surface area contributed by atoms with Gasteiger partial charge in [-0.25, -0.2) is 0 Å². The van der Waals surface area contributed by atoms with Crippen molar-refractivity contribution < 1.29 is 9.47 Å². The third-order valence-electron chi connectivity index (χ3n) is 3.05. The van der Waals surface area contributed by atoms with Crippen LogP contribution in [-0.4, -0.2) is 19.8 Å². The van der Waals surface area contributed by atoms with Crippen molar-refractivity contribution in [1.82, 2.24) is 5.32 Å². The summed E-state index contributed by atoms with van der Waals surface area (Å²) < 4.78 is 11.2. The Labute approximate surface area is 99.7 Å². The zero-order valence-electron chi connectivity index (χ0n) is 8.96. The predicted molar refractivity (Wildman–Crippen MR) is 62.4 cm³/mol. The third-order valence-corrected chi connectivity index (χ3v) is 3.33. The van der Waals surface area contributed by atoms with E-state index in [0.29, 0.717) is 30.0 Å². The maximum Gasteiger partial charge on any atom is 0.179 e. The van der Waals surface area contributed by atoms with Gasteiger partial charge in [-0.1, -0.05) is 11.6 Å². The van der Waals surface area contributed by atoms with Crippen molar-refractivity contribution in [3.63, 3.8) is 0 Å². The molecule has 2 aliphatic rings. The molecule has 16 heavy (non-hydrogen) atoms. The fourth-order valence-electron chi connectivity index (χ4n) is 2.03. The second kappa shape index (κ2) is 4.15. The molecule has 2 heterocycles. The van der Waals surface area contributed by atoms with Crippen LogP contribution < -0.4 is 14.8 Å². The molecule has 1 saturated heterocycles. The number of ether oxygens (including phenoxy) is 2. The lowest BCUT2D eigenvalue weighted by atomic mass is 9.98. The molecule has 0 bridgehead atoms. The third kappa shape index (κ3) is 1.74. The van der Waals surface area contributed by atoms with Gasteiger partial charge in [0.2, 0.25) is 0 Å². The molecule has 3 nitrogen and oxygen atoms in total. The van der Waals surface area contributed by atoms with Crippen molar-refractivity contribution in [2.75, 3.05) is 19.8 Å². The zero-order chi connectivity index (χ0) is 11.0. The fourth-order valence-corrected chi connectivity index (χ4v) is 2.30. The first-order valence-corrected chi connectivity index (χ1v) is 6.05. The van der Waals surface area contributed by atoms with Crippen molar-refractivity contribution in [2.24, 2.45) is 0 Å². The van der Waals surface area contributed by atoms with Crippen LogP contribution in [0.5, 0.6) is 11.5 Å². The van der Waals surface area contributed by atoms with Gasteiger partial charge in [0.1, 0.15) is 0 Å². The molecule has 86 valence electrons. The minimum absolute atomic E-state index is 0.426. The monoisotopic (exact) mass is 239 g/mol. The van der Waals surface area contributed by atoms with Crippen LogP contribution in [0.2, 0.25) is 5.02 Å². The highest BCUT2D eigenvalue weighted by Crippen LogP contribution is 2.40. The smallest absolute Gasteiger partial charge is 0.179 e. The van der Waals surface area contributed by atoms with E-state index in [1.54, 1.807) is 0 Å². The number of benzene rings is 1. The van der Waals surface area contributed by atoms with Gasteiger partial charge in [-0.15, -0.1) is 0 Å². The quantitative estimate of drug-likeness (QED) is 0.817. The Morgan fingerprint density at radius 2 is 2.06 bits per heavy atom. The summed E-state index contributed by atoms with van der Waals surface area (Å²) in [4.78, 5) is 0. The van der Waals surface area contributed by atoms with E-state index in [1.165, 1.54) is 5.56 Å². The Morgan fingerprint density at radius 1 is 1.25 bits per heavy atom. The Bertz CT molecular complexity index is 404. The topological polar surface area (TPSA) is 30.5 Å². The summed E-state index contributed by atoms with van der Waals surface area (Å²) in [5.41, 5.74) is 1.19. The van der Waals surface area contributed by atoms with Crippen LogP contribution in [0.1, 0.15) is 24.4 Å². The van der Waals surface area contributed by atoms with E-state index < -0.39 is 0 Å². The maximum atomic E-state index is 6.21. The molecule has 0 spiro atoms. The first kappa shape index (κ1) is 10.2. The van der Waals surface area contributed by atoms with E-state index in [-0.39, 0.29) is 0 Å². The summed E-state index contributed by atoms with van der Waals surface area (Å²) in [5, 5.41) is 4.01. The highest BCUT2D eigenvalue weighted by molar-refractivity contribution is 6.32. The average Bonchev–Trinajstić information content (AvgIpc) is 2.40. The van der Waals surface area contributed by atoms with Gasteiger partial charge in [0.15, 0.2) is 11.5 Å². The SMILES string of the molecule is Clc1cc(C2CCN2)cc2c1OCCCO2. The lowest BCUT2D eigenvalue weighted by Crippen LogP contribution is -2.34. The second-order valence-corrected chi connectivity index (χ2v) is 4.58. The van der Waals surface area contributed by atoms with E-state index in [1.807, 2.05) is 12.1 Å². The Kier molecular flexibility index (Phi) is 2.65. The summed E-state index contributed by atoms with van der Waals surface area (Å²) in [6.07, 6.45) is 2.07. The van der Waals surface area contributed by atoms with Gasteiger partial charge in [0, 0.05) is 12.5 Å². The van der Waals surface area contributed by atoms with Crippen LogP contribution in [0.25, 0.3) is 0 Å². The number of hydrogen-bond acceptors (Lipinski definition) is 3. The average molecular weight is 240 g/mol. The van der Waals surface area contributed by atoms with E-state index in [0.717, 1.165) is 25.1 Å². The molecule has 4 heteroatoms.